The van der Waals surface area contributed by atoms with Gasteiger partial charge in [0.1, 0.15) is 5.52 Å². The highest BCUT2D eigenvalue weighted by Gasteiger charge is 2.25. The molecule has 2 aromatic heterocycles. The van der Waals surface area contributed by atoms with Gasteiger partial charge in [0.15, 0.2) is 0 Å². The summed E-state index contributed by atoms with van der Waals surface area (Å²) >= 11 is 0. The van der Waals surface area contributed by atoms with Crippen LogP contribution in [0.4, 0.5) is 0 Å². The second-order valence-electron chi connectivity index (χ2n) is 3.86. The van der Waals surface area contributed by atoms with Crippen molar-refractivity contribution >= 4 is 5.52 Å². The van der Waals surface area contributed by atoms with Crippen molar-refractivity contribution in [3.05, 3.63) is 34.5 Å². The summed E-state index contributed by atoms with van der Waals surface area (Å²) in [5.41, 5.74) is 1.74. The molecular weight excluding hydrogens is 178 g/mol. The van der Waals surface area contributed by atoms with Gasteiger partial charge < -0.3 is 4.57 Å². The van der Waals surface area contributed by atoms with Crippen LogP contribution in [0, 0.1) is 6.92 Å². The SMILES string of the molecule is Cc1cnn2ccn(C3CC3)c(=O)c12. The zero-order valence-electron chi connectivity index (χ0n) is 7.97. The quantitative estimate of drug-likeness (QED) is 0.674. The van der Waals surface area contributed by atoms with E-state index in [1.807, 2.05) is 23.9 Å². The number of nitrogens with zero attached hydrogens (tertiary/aromatic N) is 3. The zero-order chi connectivity index (χ0) is 9.71. The Labute approximate surface area is 80.8 Å². The number of aryl methyl sites for hydroxylation is 1. The van der Waals surface area contributed by atoms with E-state index in [-0.39, 0.29) is 5.56 Å². The number of fused-ring (bicyclic) bond motifs is 1. The van der Waals surface area contributed by atoms with Crippen LogP contribution in [-0.4, -0.2) is 14.2 Å². The van der Waals surface area contributed by atoms with Crippen LogP contribution in [0.2, 0.25) is 0 Å². The van der Waals surface area contributed by atoms with Crippen molar-refractivity contribution in [3.63, 3.8) is 0 Å². The third-order valence-electron chi connectivity index (χ3n) is 2.72. The predicted molar refractivity (Wildman–Crippen MR) is 52.5 cm³/mol. The van der Waals surface area contributed by atoms with E-state index >= 15 is 0 Å². The Bertz CT molecular complexity index is 548. The number of hydrogen-bond donors (Lipinski definition) is 0. The Hall–Kier alpha value is -1.58. The van der Waals surface area contributed by atoms with Crippen molar-refractivity contribution in [2.75, 3.05) is 0 Å². The second kappa shape index (κ2) is 2.47. The maximum absolute atomic E-state index is 12.0. The number of rotatable bonds is 1. The molecule has 1 aliphatic carbocycles. The van der Waals surface area contributed by atoms with Crippen molar-refractivity contribution in [1.82, 2.24) is 14.2 Å². The van der Waals surface area contributed by atoms with Crippen LogP contribution in [-0.2, 0) is 0 Å². The Morgan fingerprint density at radius 3 is 2.93 bits per heavy atom. The fourth-order valence-corrected chi connectivity index (χ4v) is 1.79. The van der Waals surface area contributed by atoms with Gasteiger partial charge in [0.05, 0.1) is 6.20 Å². The van der Waals surface area contributed by atoms with Crippen molar-refractivity contribution in [1.29, 1.82) is 0 Å². The van der Waals surface area contributed by atoms with E-state index in [4.69, 9.17) is 0 Å². The third-order valence-corrected chi connectivity index (χ3v) is 2.72. The predicted octanol–water partition coefficient (Wildman–Crippen LogP) is 1.14. The Morgan fingerprint density at radius 2 is 2.21 bits per heavy atom. The van der Waals surface area contributed by atoms with Gasteiger partial charge in [0.2, 0.25) is 0 Å². The largest absolute Gasteiger partial charge is 0.309 e. The second-order valence-corrected chi connectivity index (χ2v) is 3.86. The summed E-state index contributed by atoms with van der Waals surface area (Å²) in [5.74, 6) is 0. The highest BCUT2D eigenvalue weighted by molar-refractivity contribution is 5.50. The molecule has 0 amide bonds. The Balaban J connectivity index is 2.39. The smallest absolute Gasteiger partial charge is 0.277 e. The van der Waals surface area contributed by atoms with Gasteiger partial charge in [0.25, 0.3) is 5.56 Å². The summed E-state index contributed by atoms with van der Waals surface area (Å²) in [4.78, 5) is 12.0. The average Bonchev–Trinajstić information content (AvgIpc) is 2.92. The topological polar surface area (TPSA) is 39.3 Å². The Morgan fingerprint density at radius 1 is 1.43 bits per heavy atom. The van der Waals surface area contributed by atoms with E-state index in [1.165, 1.54) is 0 Å². The molecule has 0 unspecified atom stereocenters. The van der Waals surface area contributed by atoms with Crippen LogP contribution < -0.4 is 5.56 Å². The lowest BCUT2D eigenvalue weighted by Crippen LogP contribution is -2.20. The fraction of sp³-hybridized carbons (Fsp3) is 0.400. The van der Waals surface area contributed by atoms with Gasteiger partial charge in [0, 0.05) is 24.0 Å². The standard InChI is InChI=1S/C10H11N3O/c1-7-6-11-13-5-4-12(8-2-3-8)10(14)9(7)13/h4-6,8H,2-3H2,1H3. The average molecular weight is 189 g/mol. The number of hydrogen-bond acceptors (Lipinski definition) is 2. The minimum absolute atomic E-state index is 0.0880. The highest BCUT2D eigenvalue weighted by atomic mass is 16.1. The van der Waals surface area contributed by atoms with E-state index in [0.29, 0.717) is 11.6 Å². The summed E-state index contributed by atoms with van der Waals surface area (Å²) in [7, 11) is 0. The first-order chi connectivity index (χ1) is 6.77. The van der Waals surface area contributed by atoms with E-state index in [1.54, 1.807) is 10.7 Å². The van der Waals surface area contributed by atoms with Gasteiger partial charge >= 0.3 is 0 Å². The lowest BCUT2D eigenvalue weighted by Gasteiger charge is -2.03. The van der Waals surface area contributed by atoms with Crippen molar-refractivity contribution in [3.8, 4) is 0 Å². The first-order valence-electron chi connectivity index (χ1n) is 4.82. The molecule has 4 heteroatoms. The van der Waals surface area contributed by atoms with Crippen LogP contribution in [0.25, 0.3) is 5.52 Å². The van der Waals surface area contributed by atoms with Gasteiger partial charge in [-0.2, -0.15) is 5.10 Å². The molecular formula is C10H11N3O. The zero-order valence-corrected chi connectivity index (χ0v) is 7.97. The van der Waals surface area contributed by atoms with Gasteiger partial charge in [-0.25, -0.2) is 4.52 Å². The molecule has 2 aromatic rings. The molecule has 0 N–H and O–H groups in total. The lowest BCUT2D eigenvalue weighted by molar-refractivity contribution is 0.696. The molecule has 0 spiro atoms. The van der Waals surface area contributed by atoms with Crippen LogP contribution in [0.1, 0.15) is 24.4 Å². The fourth-order valence-electron chi connectivity index (χ4n) is 1.79. The summed E-state index contributed by atoms with van der Waals surface area (Å²) in [5, 5.41) is 4.10. The first-order valence-corrected chi connectivity index (χ1v) is 4.82. The molecule has 1 fully saturated rings. The molecule has 0 bridgehead atoms. The molecule has 0 aliphatic heterocycles. The van der Waals surface area contributed by atoms with Crippen molar-refractivity contribution in [2.45, 2.75) is 25.8 Å². The number of aromatic nitrogens is 3. The van der Waals surface area contributed by atoms with Gasteiger partial charge in [-0.3, -0.25) is 4.79 Å². The van der Waals surface area contributed by atoms with E-state index < -0.39 is 0 Å². The van der Waals surface area contributed by atoms with Crippen molar-refractivity contribution in [2.24, 2.45) is 0 Å². The normalized spacial score (nSPS) is 16.4. The van der Waals surface area contributed by atoms with E-state index in [0.717, 1.165) is 18.4 Å². The minimum Gasteiger partial charge on any atom is -0.309 e. The lowest BCUT2D eigenvalue weighted by atomic mass is 10.3. The summed E-state index contributed by atoms with van der Waals surface area (Å²) in [6.45, 7) is 1.92. The summed E-state index contributed by atoms with van der Waals surface area (Å²) in [6.07, 6.45) is 7.67. The molecule has 0 atom stereocenters. The monoisotopic (exact) mass is 189 g/mol. The van der Waals surface area contributed by atoms with Crippen LogP contribution in [0.15, 0.2) is 23.4 Å². The van der Waals surface area contributed by atoms with Gasteiger partial charge in [-0.1, -0.05) is 0 Å². The van der Waals surface area contributed by atoms with Gasteiger partial charge in [-0.15, -0.1) is 0 Å². The summed E-state index contributed by atoms with van der Waals surface area (Å²) < 4.78 is 3.47. The minimum atomic E-state index is 0.0880. The van der Waals surface area contributed by atoms with E-state index in [2.05, 4.69) is 5.10 Å². The molecule has 0 aromatic carbocycles. The summed E-state index contributed by atoms with van der Waals surface area (Å²) in [6, 6.07) is 0.432. The maximum atomic E-state index is 12.0. The first kappa shape index (κ1) is 7.79. The van der Waals surface area contributed by atoms with Crippen molar-refractivity contribution < 1.29 is 0 Å². The maximum Gasteiger partial charge on any atom is 0.277 e. The van der Waals surface area contributed by atoms with Crippen LogP contribution >= 0.6 is 0 Å². The molecule has 0 radical (unpaired) electrons. The van der Waals surface area contributed by atoms with Gasteiger partial charge in [-0.05, 0) is 19.8 Å². The van der Waals surface area contributed by atoms with Crippen LogP contribution in [0.5, 0.6) is 0 Å². The Kier molecular flexibility index (Phi) is 1.37. The molecule has 0 saturated heterocycles. The molecule has 1 saturated carbocycles. The third kappa shape index (κ3) is 0.937. The molecule has 1 aliphatic rings. The molecule has 3 rings (SSSR count). The molecule has 2 heterocycles. The molecule has 72 valence electrons. The highest BCUT2D eigenvalue weighted by Crippen LogP contribution is 2.33. The molecule has 4 nitrogen and oxygen atoms in total. The van der Waals surface area contributed by atoms with E-state index in [9.17, 15) is 4.79 Å². The molecule has 14 heavy (non-hydrogen) atoms. The van der Waals surface area contributed by atoms with Crippen LogP contribution in [0.3, 0.4) is 0 Å².